The Labute approximate surface area is 158 Å². The Morgan fingerprint density at radius 2 is 1.73 bits per heavy atom. The second-order valence-corrected chi connectivity index (χ2v) is 9.79. The van der Waals surface area contributed by atoms with E-state index in [2.05, 4.69) is 15.5 Å². The van der Waals surface area contributed by atoms with Gasteiger partial charge in [0.2, 0.25) is 5.13 Å². The van der Waals surface area contributed by atoms with Crippen LogP contribution in [0.5, 0.6) is 0 Å². The number of carbonyl (C=O) groups is 1. The molecule has 4 aliphatic rings. The van der Waals surface area contributed by atoms with E-state index in [0.29, 0.717) is 5.13 Å². The van der Waals surface area contributed by atoms with E-state index < -0.39 is 0 Å². The molecule has 0 radical (unpaired) electrons. The van der Waals surface area contributed by atoms with Crippen molar-refractivity contribution in [1.29, 1.82) is 0 Å². The van der Waals surface area contributed by atoms with E-state index in [-0.39, 0.29) is 11.3 Å². The summed E-state index contributed by atoms with van der Waals surface area (Å²) in [6.45, 7) is 4.02. The monoisotopic (exact) mass is 367 g/mol. The minimum absolute atomic E-state index is 0.0839. The number of carbonyl (C=O) groups excluding carboxylic acids is 1. The molecule has 0 spiro atoms. The van der Waals surface area contributed by atoms with Crippen LogP contribution in [0.25, 0.3) is 0 Å². The summed E-state index contributed by atoms with van der Waals surface area (Å²) in [7, 11) is 0. The lowest BCUT2D eigenvalue weighted by Crippen LogP contribution is -2.48. The lowest BCUT2D eigenvalue weighted by atomic mass is 9.50. The molecule has 0 atom stereocenters. The average molecular weight is 368 g/mol. The summed E-state index contributed by atoms with van der Waals surface area (Å²) in [6.07, 6.45) is 8.10. The van der Waals surface area contributed by atoms with Crippen LogP contribution in [0, 0.1) is 31.6 Å². The molecule has 1 heterocycles. The lowest BCUT2D eigenvalue weighted by Gasteiger charge is -2.55. The first kappa shape index (κ1) is 16.4. The fourth-order valence-corrected chi connectivity index (χ4v) is 6.98. The molecular weight excluding hydrogens is 342 g/mol. The second kappa shape index (κ2) is 5.88. The molecule has 1 aromatic heterocycles. The van der Waals surface area contributed by atoms with Gasteiger partial charge in [-0.1, -0.05) is 23.5 Å². The van der Waals surface area contributed by atoms with Crippen LogP contribution in [0.15, 0.2) is 18.2 Å². The van der Waals surface area contributed by atoms with Gasteiger partial charge in [-0.25, -0.2) is 0 Å². The van der Waals surface area contributed by atoms with E-state index in [1.807, 2.05) is 32.0 Å². The average Bonchev–Trinajstić information content (AvgIpc) is 3.05. The predicted octanol–water partition coefficient (Wildman–Crippen LogP) is 4.88. The Morgan fingerprint density at radius 1 is 1.08 bits per heavy atom. The number of amides is 1. The van der Waals surface area contributed by atoms with Crippen molar-refractivity contribution in [3.05, 3.63) is 39.9 Å². The van der Waals surface area contributed by atoms with E-state index in [4.69, 9.17) is 0 Å². The van der Waals surface area contributed by atoms with Crippen molar-refractivity contribution in [2.45, 2.75) is 57.8 Å². The van der Waals surface area contributed by atoms with Gasteiger partial charge in [0.1, 0.15) is 5.01 Å². The van der Waals surface area contributed by atoms with Crippen molar-refractivity contribution >= 4 is 22.4 Å². The number of rotatable bonds is 3. The smallest absolute Gasteiger partial charge is 0.257 e. The maximum atomic E-state index is 12.7. The number of benzene rings is 1. The molecule has 4 saturated carbocycles. The van der Waals surface area contributed by atoms with Gasteiger partial charge in [-0.05, 0) is 87.3 Å². The summed E-state index contributed by atoms with van der Waals surface area (Å²) < 4.78 is 0. The zero-order valence-electron chi connectivity index (χ0n) is 15.4. The van der Waals surface area contributed by atoms with E-state index in [1.165, 1.54) is 38.5 Å². The molecule has 5 heteroatoms. The van der Waals surface area contributed by atoms with E-state index in [9.17, 15) is 4.79 Å². The van der Waals surface area contributed by atoms with Crippen LogP contribution >= 0.6 is 11.3 Å². The highest BCUT2D eigenvalue weighted by molar-refractivity contribution is 7.15. The minimum atomic E-state index is -0.0839. The van der Waals surface area contributed by atoms with Crippen LogP contribution in [-0.2, 0) is 5.41 Å². The van der Waals surface area contributed by atoms with Crippen molar-refractivity contribution in [2.75, 3.05) is 5.32 Å². The summed E-state index contributed by atoms with van der Waals surface area (Å²) in [5.41, 5.74) is 3.12. The molecule has 2 aromatic rings. The molecule has 1 N–H and O–H groups in total. The lowest BCUT2D eigenvalue weighted by molar-refractivity contribution is -0.00555. The van der Waals surface area contributed by atoms with Crippen molar-refractivity contribution < 1.29 is 4.79 Å². The van der Waals surface area contributed by atoms with Gasteiger partial charge < -0.3 is 0 Å². The van der Waals surface area contributed by atoms with Gasteiger partial charge in [0.15, 0.2) is 0 Å². The highest BCUT2D eigenvalue weighted by Gasteiger charge is 2.53. The van der Waals surface area contributed by atoms with Crippen LogP contribution in [-0.4, -0.2) is 16.1 Å². The summed E-state index contributed by atoms with van der Waals surface area (Å²) in [5.74, 6) is 2.58. The molecule has 0 aliphatic heterocycles. The van der Waals surface area contributed by atoms with Crippen molar-refractivity contribution in [3.8, 4) is 0 Å². The maximum absolute atomic E-state index is 12.7. The third-order valence-corrected chi connectivity index (χ3v) is 8.07. The zero-order valence-corrected chi connectivity index (χ0v) is 16.2. The molecule has 26 heavy (non-hydrogen) atoms. The summed E-state index contributed by atoms with van der Waals surface area (Å²) in [5, 5.41) is 13.7. The van der Waals surface area contributed by atoms with Crippen molar-refractivity contribution in [2.24, 2.45) is 17.8 Å². The number of anilines is 1. The first-order valence-corrected chi connectivity index (χ1v) is 10.6. The quantitative estimate of drug-likeness (QED) is 0.841. The molecular formula is C21H25N3OS. The number of hydrogen-bond donors (Lipinski definition) is 1. The largest absolute Gasteiger partial charge is 0.296 e. The Balaban J connectivity index is 1.38. The molecule has 1 amide bonds. The highest BCUT2D eigenvalue weighted by Crippen LogP contribution is 2.61. The molecule has 4 bridgehead atoms. The summed E-state index contributed by atoms with van der Waals surface area (Å²) in [4.78, 5) is 12.7. The fraction of sp³-hybridized carbons (Fsp3) is 0.571. The molecule has 0 unspecified atom stereocenters. The summed E-state index contributed by atoms with van der Waals surface area (Å²) >= 11 is 1.60. The van der Waals surface area contributed by atoms with Crippen LogP contribution in [0.2, 0.25) is 0 Å². The van der Waals surface area contributed by atoms with E-state index in [1.54, 1.807) is 11.3 Å². The third kappa shape index (κ3) is 2.59. The van der Waals surface area contributed by atoms with Gasteiger partial charge in [-0.3, -0.25) is 10.1 Å². The van der Waals surface area contributed by atoms with Gasteiger partial charge in [0.05, 0.1) is 0 Å². The zero-order chi connectivity index (χ0) is 17.9. The Bertz CT molecular complexity index is 837. The van der Waals surface area contributed by atoms with Crippen LogP contribution in [0.4, 0.5) is 5.13 Å². The fourth-order valence-electron chi connectivity index (χ4n) is 6.02. The number of aryl methyl sites for hydroxylation is 1. The molecule has 6 rings (SSSR count). The molecule has 4 nitrogen and oxygen atoms in total. The highest BCUT2D eigenvalue weighted by atomic mass is 32.1. The van der Waals surface area contributed by atoms with Crippen molar-refractivity contribution in [1.82, 2.24) is 10.2 Å². The first-order valence-electron chi connectivity index (χ1n) is 9.74. The van der Waals surface area contributed by atoms with Gasteiger partial charge in [0.25, 0.3) is 5.91 Å². The molecule has 1 aromatic carbocycles. The molecule has 4 fully saturated rings. The third-order valence-electron chi connectivity index (χ3n) is 6.99. The Morgan fingerprint density at radius 3 is 2.38 bits per heavy atom. The number of nitrogens with one attached hydrogen (secondary N) is 1. The maximum Gasteiger partial charge on any atom is 0.257 e. The van der Waals surface area contributed by atoms with Crippen LogP contribution in [0.1, 0.15) is 65.0 Å². The standard InChI is InChI=1S/C21H25N3OS/c1-12-4-3-5-17(13(12)2)18(25)22-20-24-23-19(26-20)21-9-14-6-15(10-21)8-16(7-14)11-21/h3-5,14-16H,6-11H2,1-2H3,(H,22,24,25). The normalized spacial score (nSPS) is 32.0. The molecule has 0 saturated heterocycles. The predicted molar refractivity (Wildman–Crippen MR) is 104 cm³/mol. The number of aromatic nitrogens is 2. The van der Waals surface area contributed by atoms with Crippen LogP contribution < -0.4 is 5.32 Å². The molecule has 136 valence electrons. The second-order valence-electron chi connectivity index (χ2n) is 8.81. The van der Waals surface area contributed by atoms with Gasteiger partial charge >= 0.3 is 0 Å². The van der Waals surface area contributed by atoms with E-state index >= 15 is 0 Å². The Hall–Kier alpha value is -1.75. The number of hydrogen-bond acceptors (Lipinski definition) is 4. The first-order chi connectivity index (χ1) is 12.5. The van der Waals surface area contributed by atoms with Gasteiger partial charge in [-0.15, -0.1) is 10.2 Å². The topological polar surface area (TPSA) is 54.9 Å². The van der Waals surface area contributed by atoms with Crippen LogP contribution in [0.3, 0.4) is 0 Å². The van der Waals surface area contributed by atoms with Crippen molar-refractivity contribution in [3.63, 3.8) is 0 Å². The SMILES string of the molecule is Cc1cccc(C(=O)Nc2nnc(C34CC5CC(CC(C5)C3)C4)s2)c1C. The van der Waals surface area contributed by atoms with Gasteiger partial charge in [-0.2, -0.15) is 0 Å². The summed E-state index contributed by atoms with van der Waals surface area (Å²) in [6, 6.07) is 5.83. The molecule has 4 aliphatic carbocycles. The van der Waals surface area contributed by atoms with Gasteiger partial charge in [0, 0.05) is 11.0 Å². The Kier molecular flexibility index (Phi) is 3.71. The minimum Gasteiger partial charge on any atom is -0.296 e. The number of nitrogens with zero attached hydrogens (tertiary/aromatic N) is 2. The van der Waals surface area contributed by atoms with E-state index in [0.717, 1.165) is 39.5 Å².